The van der Waals surface area contributed by atoms with E-state index in [9.17, 15) is 22.8 Å². The predicted octanol–water partition coefficient (Wildman–Crippen LogP) is 2.87. The SMILES string of the molecule is CC(=O)N1CCC2(CC1)CC(C(=O)N(C)C)N(c1ccc(C#N)c(C(F)(F)F)c1)C2. The molecule has 0 bridgehead atoms. The van der Waals surface area contributed by atoms with Gasteiger partial charge >= 0.3 is 6.18 Å². The highest BCUT2D eigenvalue weighted by Crippen LogP contribution is 2.46. The molecule has 3 rings (SSSR count). The van der Waals surface area contributed by atoms with E-state index >= 15 is 0 Å². The second-order valence-corrected chi connectivity index (χ2v) is 8.43. The Morgan fingerprint density at radius 1 is 1.23 bits per heavy atom. The van der Waals surface area contributed by atoms with Crippen molar-refractivity contribution >= 4 is 17.5 Å². The zero-order chi connectivity index (χ0) is 22.3. The Kier molecular flexibility index (Phi) is 5.72. The molecule has 0 N–H and O–H groups in total. The van der Waals surface area contributed by atoms with Crippen LogP contribution in [0.3, 0.4) is 0 Å². The van der Waals surface area contributed by atoms with Gasteiger partial charge in [0.2, 0.25) is 11.8 Å². The van der Waals surface area contributed by atoms with Crippen molar-refractivity contribution in [3.05, 3.63) is 29.3 Å². The van der Waals surface area contributed by atoms with E-state index in [4.69, 9.17) is 5.26 Å². The third kappa shape index (κ3) is 4.09. The number of likely N-dealkylation sites (tertiary alicyclic amines) is 1. The fraction of sp³-hybridized carbons (Fsp3) is 0.571. The summed E-state index contributed by atoms with van der Waals surface area (Å²) in [5.41, 5.74) is -1.39. The van der Waals surface area contributed by atoms with Gasteiger partial charge in [-0.1, -0.05) is 0 Å². The van der Waals surface area contributed by atoms with E-state index in [1.807, 2.05) is 0 Å². The number of alkyl halides is 3. The number of rotatable bonds is 2. The summed E-state index contributed by atoms with van der Waals surface area (Å²) in [6.45, 7) is 3.11. The molecule has 2 amide bonds. The summed E-state index contributed by atoms with van der Waals surface area (Å²) in [6.07, 6.45) is -2.74. The van der Waals surface area contributed by atoms with Crippen LogP contribution in [0.4, 0.5) is 18.9 Å². The third-order valence-corrected chi connectivity index (χ3v) is 6.26. The fourth-order valence-electron chi connectivity index (χ4n) is 4.55. The molecular formula is C21H25F3N4O2. The number of carbonyl (C=O) groups is 2. The van der Waals surface area contributed by atoms with E-state index in [2.05, 4.69) is 0 Å². The quantitative estimate of drug-likeness (QED) is 0.735. The standard InChI is InChI=1S/C21H25F3N4O2/c1-14(29)27-8-6-20(7-9-27)11-18(19(30)26(2)3)28(13-20)16-5-4-15(12-25)17(10-16)21(22,23)24/h4-5,10,18H,6-9,11,13H2,1-3H3. The molecule has 0 radical (unpaired) electrons. The average Bonchev–Trinajstić information content (AvgIpc) is 3.05. The maximum Gasteiger partial charge on any atom is 0.417 e. The topological polar surface area (TPSA) is 67.7 Å². The molecule has 30 heavy (non-hydrogen) atoms. The highest BCUT2D eigenvalue weighted by atomic mass is 19.4. The second-order valence-electron chi connectivity index (χ2n) is 8.43. The van der Waals surface area contributed by atoms with Gasteiger partial charge < -0.3 is 14.7 Å². The number of piperidine rings is 1. The molecule has 1 atom stereocenters. The minimum Gasteiger partial charge on any atom is -0.359 e. The Morgan fingerprint density at radius 3 is 2.37 bits per heavy atom. The molecule has 0 aromatic heterocycles. The first-order valence-corrected chi connectivity index (χ1v) is 9.82. The Labute approximate surface area is 173 Å². The van der Waals surface area contributed by atoms with Crippen LogP contribution in [0, 0.1) is 16.7 Å². The molecule has 2 aliphatic heterocycles. The zero-order valence-electron chi connectivity index (χ0n) is 17.3. The van der Waals surface area contributed by atoms with Gasteiger partial charge in [-0.2, -0.15) is 18.4 Å². The number of anilines is 1. The maximum absolute atomic E-state index is 13.5. The molecule has 1 aromatic rings. The number of halogens is 3. The molecule has 0 aliphatic carbocycles. The van der Waals surface area contributed by atoms with Crippen molar-refractivity contribution in [3.8, 4) is 6.07 Å². The summed E-state index contributed by atoms with van der Waals surface area (Å²) in [6, 6.07) is 4.62. The van der Waals surface area contributed by atoms with E-state index in [0.29, 0.717) is 38.9 Å². The molecule has 6 nitrogen and oxygen atoms in total. The zero-order valence-corrected chi connectivity index (χ0v) is 17.3. The molecule has 2 fully saturated rings. The van der Waals surface area contributed by atoms with E-state index in [1.54, 1.807) is 30.0 Å². The number of hydrogen-bond donors (Lipinski definition) is 0. The Bertz CT molecular complexity index is 883. The largest absolute Gasteiger partial charge is 0.417 e. The summed E-state index contributed by atoms with van der Waals surface area (Å²) < 4.78 is 40.4. The highest BCUT2D eigenvalue weighted by Gasteiger charge is 2.49. The molecule has 2 saturated heterocycles. The number of amides is 2. The van der Waals surface area contributed by atoms with Gasteiger partial charge in [0.1, 0.15) is 6.04 Å². The van der Waals surface area contributed by atoms with Crippen molar-refractivity contribution in [1.29, 1.82) is 5.26 Å². The van der Waals surface area contributed by atoms with Gasteiger partial charge in [-0.15, -0.1) is 0 Å². The van der Waals surface area contributed by atoms with Crippen molar-refractivity contribution in [1.82, 2.24) is 9.80 Å². The van der Waals surface area contributed by atoms with Gasteiger partial charge in [-0.25, -0.2) is 0 Å². The lowest BCUT2D eigenvalue weighted by atomic mass is 9.76. The second kappa shape index (κ2) is 7.82. The lowest BCUT2D eigenvalue weighted by molar-refractivity contribution is -0.137. The number of nitriles is 1. The van der Waals surface area contributed by atoms with E-state index < -0.39 is 23.3 Å². The number of nitrogens with zero attached hydrogens (tertiary/aromatic N) is 4. The van der Waals surface area contributed by atoms with Crippen LogP contribution >= 0.6 is 0 Å². The summed E-state index contributed by atoms with van der Waals surface area (Å²) in [5.74, 6) is -0.165. The van der Waals surface area contributed by atoms with Crippen LogP contribution in [-0.2, 0) is 15.8 Å². The van der Waals surface area contributed by atoms with Crippen LogP contribution < -0.4 is 4.90 Å². The molecule has 0 saturated carbocycles. The van der Waals surface area contributed by atoms with Crippen LogP contribution in [0.25, 0.3) is 0 Å². The smallest absolute Gasteiger partial charge is 0.359 e. The minimum absolute atomic E-state index is 0.00234. The first-order chi connectivity index (χ1) is 14.0. The minimum atomic E-state index is -4.66. The third-order valence-electron chi connectivity index (χ3n) is 6.26. The number of carbonyl (C=O) groups excluding carboxylic acids is 2. The lowest BCUT2D eigenvalue weighted by Gasteiger charge is -2.39. The molecule has 2 heterocycles. The van der Waals surface area contributed by atoms with E-state index in [-0.39, 0.29) is 22.9 Å². The Hall–Kier alpha value is -2.76. The highest BCUT2D eigenvalue weighted by molar-refractivity contribution is 5.86. The molecule has 9 heteroatoms. The van der Waals surface area contributed by atoms with Crippen molar-refractivity contribution in [3.63, 3.8) is 0 Å². The first kappa shape index (κ1) is 21.9. The normalized spacial score (nSPS) is 20.9. The van der Waals surface area contributed by atoms with Gasteiger partial charge in [-0.3, -0.25) is 9.59 Å². The number of likely N-dealkylation sites (N-methyl/N-ethyl adjacent to an activating group) is 1. The van der Waals surface area contributed by atoms with Crippen molar-refractivity contribution < 1.29 is 22.8 Å². The summed E-state index contributed by atoms with van der Waals surface area (Å²) in [7, 11) is 3.26. The summed E-state index contributed by atoms with van der Waals surface area (Å²) in [5, 5.41) is 9.06. The molecule has 1 aromatic carbocycles. The lowest BCUT2D eigenvalue weighted by Crippen LogP contribution is -2.43. The van der Waals surface area contributed by atoms with Gasteiger partial charge in [0.25, 0.3) is 0 Å². The molecule has 1 spiro atoms. The Morgan fingerprint density at radius 2 is 1.87 bits per heavy atom. The van der Waals surface area contributed by atoms with Crippen LogP contribution in [0.5, 0.6) is 0 Å². The van der Waals surface area contributed by atoms with E-state index in [1.165, 1.54) is 24.0 Å². The van der Waals surface area contributed by atoms with Gasteiger partial charge in [-0.05, 0) is 42.9 Å². The van der Waals surface area contributed by atoms with Gasteiger partial charge in [0.15, 0.2) is 0 Å². The monoisotopic (exact) mass is 422 g/mol. The predicted molar refractivity (Wildman–Crippen MR) is 105 cm³/mol. The van der Waals surface area contributed by atoms with Crippen LogP contribution in [0.2, 0.25) is 0 Å². The first-order valence-electron chi connectivity index (χ1n) is 9.82. The van der Waals surface area contributed by atoms with E-state index in [0.717, 1.165) is 6.07 Å². The van der Waals surface area contributed by atoms with Crippen molar-refractivity contribution in [2.45, 2.75) is 38.4 Å². The van der Waals surface area contributed by atoms with Crippen molar-refractivity contribution in [2.24, 2.45) is 5.41 Å². The summed E-state index contributed by atoms with van der Waals surface area (Å²) in [4.78, 5) is 29.5. The van der Waals surface area contributed by atoms with Crippen LogP contribution in [0.1, 0.15) is 37.3 Å². The molecule has 1 unspecified atom stereocenters. The Balaban J connectivity index is 1.97. The van der Waals surface area contributed by atoms with Crippen molar-refractivity contribution in [2.75, 3.05) is 38.6 Å². The number of benzene rings is 1. The average molecular weight is 422 g/mol. The molecular weight excluding hydrogens is 397 g/mol. The van der Waals surface area contributed by atoms with Gasteiger partial charge in [0, 0.05) is 46.3 Å². The summed E-state index contributed by atoms with van der Waals surface area (Å²) >= 11 is 0. The van der Waals surface area contributed by atoms with Crippen LogP contribution in [0.15, 0.2) is 18.2 Å². The number of hydrogen-bond acceptors (Lipinski definition) is 4. The molecule has 162 valence electrons. The van der Waals surface area contributed by atoms with Crippen LogP contribution in [-0.4, -0.2) is 61.4 Å². The van der Waals surface area contributed by atoms with Gasteiger partial charge in [0.05, 0.1) is 17.2 Å². The fourth-order valence-corrected chi connectivity index (χ4v) is 4.55. The maximum atomic E-state index is 13.5. The molecule has 2 aliphatic rings.